The number of aryl methyl sites for hydroxylation is 2. The summed E-state index contributed by atoms with van der Waals surface area (Å²) < 4.78 is 0. The Labute approximate surface area is 106 Å². The number of thioether (sulfide) groups is 1. The van der Waals surface area contributed by atoms with E-state index in [0.29, 0.717) is 6.04 Å². The summed E-state index contributed by atoms with van der Waals surface area (Å²) in [6.45, 7) is 4.27. The third kappa shape index (κ3) is 2.79. The zero-order chi connectivity index (χ0) is 11.5. The highest BCUT2D eigenvalue weighted by Crippen LogP contribution is 2.28. The van der Waals surface area contributed by atoms with Crippen molar-refractivity contribution >= 4 is 23.1 Å². The number of hydrogen-bond donors (Lipinski definition) is 1. The first-order valence-electron chi connectivity index (χ1n) is 5.88. The smallest absolute Gasteiger partial charge is 0.0946 e. The van der Waals surface area contributed by atoms with E-state index in [2.05, 4.69) is 43.0 Å². The molecule has 2 nitrogen and oxygen atoms in total. The van der Waals surface area contributed by atoms with Crippen molar-refractivity contribution in [3.05, 3.63) is 15.6 Å². The van der Waals surface area contributed by atoms with Gasteiger partial charge < -0.3 is 5.32 Å². The minimum absolute atomic E-state index is 0.611. The van der Waals surface area contributed by atoms with Crippen molar-refractivity contribution in [2.45, 2.75) is 32.7 Å². The van der Waals surface area contributed by atoms with Gasteiger partial charge in [-0.3, -0.25) is 0 Å². The van der Waals surface area contributed by atoms with Crippen LogP contribution in [0.4, 0.5) is 0 Å². The number of rotatable bonds is 4. The minimum Gasteiger partial charge on any atom is -0.316 e. The van der Waals surface area contributed by atoms with Crippen molar-refractivity contribution in [1.82, 2.24) is 10.3 Å². The fraction of sp³-hybridized carbons (Fsp3) is 0.750. The molecular formula is C12H20N2S2. The molecule has 1 aromatic rings. The molecule has 0 spiro atoms. The molecule has 2 atom stereocenters. The number of likely N-dealkylation sites (N-methyl/N-ethyl adjacent to an activating group) is 1. The first-order chi connectivity index (χ1) is 7.70. The molecule has 0 aromatic carbocycles. The molecule has 1 aliphatic heterocycles. The third-order valence-electron chi connectivity index (χ3n) is 3.37. The average molecular weight is 256 g/mol. The van der Waals surface area contributed by atoms with Gasteiger partial charge in [-0.2, -0.15) is 11.8 Å². The van der Waals surface area contributed by atoms with Crippen LogP contribution >= 0.6 is 23.1 Å². The highest BCUT2D eigenvalue weighted by molar-refractivity contribution is 7.99. The highest BCUT2D eigenvalue weighted by Gasteiger charge is 2.25. The first kappa shape index (κ1) is 12.4. The SMILES string of the molecule is CNC(Cc1nc(C)c(C)s1)C1CCSC1. The van der Waals surface area contributed by atoms with Crippen LogP contribution in [0.15, 0.2) is 0 Å². The average Bonchev–Trinajstić information content (AvgIpc) is 2.86. The molecule has 1 aliphatic rings. The van der Waals surface area contributed by atoms with Gasteiger partial charge >= 0.3 is 0 Å². The summed E-state index contributed by atoms with van der Waals surface area (Å²) >= 11 is 3.95. The lowest BCUT2D eigenvalue weighted by Crippen LogP contribution is -2.35. The molecule has 1 fully saturated rings. The quantitative estimate of drug-likeness (QED) is 0.896. The Morgan fingerprint density at radius 1 is 1.50 bits per heavy atom. The first-order valence-corrected chi connectivity index (χ1v) is 7.85. The van der Waals surface area contributed by atoms with Crippen molar-refractivity contribution in [2.75, 3.05) is 18.6 Å². The van der Waals surface area contributed by atoms with Crippen molar-refractivity contribution in [2.24, 2.45) is 5.92 Å². The maximum absolute atomic E-state index is 4.64. The zero-order valence-electron chi connectivity index (χ0n) is 10.2. The second-order valence-electron chi connectivity index (χ2n) is 4.47. The van der Waals surface area contributed by atoms with Crippen LogP contribution in [0.1, 0.15) is 22.0 Å². The van der Waals surface area contributed by atoms with E-state index in [1.54, 1.807) is 0 Å². The molecule has 0 radical (unpaired) electrons. The summed E-state index contributed by atoms with van der Waals surface area (Å²) in [5.41, 5.74) is 1.20. The molecule has 0 amide bonds. The molecule has 16 heavy (non-hydrogen) atoms. The lowest BCUT2D eigenvalue weighted by atomic mass is 9.97. The molecule has 0 saturated carbocycles. The van der Waals surface area contributed by atoms with Crippen LogP contribution in [0, 0.1) is 19.8 Å². The van der Waals surface area contributed by atoms with Gasteiger partial charge in [0.25, 0.3) is 0 Å². The predicted octanol–water partition coefficient (Wildman–Crippen LogP) is 2.64. The van der Waals surface area contributed by atoms with E-state index in [4.69, 9.17) is 0 Å². The molecule has 1 saturated heterocycles. The Kier molecular flexibility index (Phi) is 4.27. The summed E-state index contributed by atoms with van der Waals surface area (Å²) in [5, 5.41) is 4.77. The second-order valence-corrected chi connectivity index (χ2v) is 6.91. The van der Waals surface area contributed by atoms with Crippen LogP contribution < -0.4 is 5.32 Å². The number of nitrogens with zero attached hydrogens (tertiary/aromatic N) is 1. The van der Waals surface area contributed by atoms with E-state index < -0.39 is 0 Å². The van der Waals surface area contributed by atoms with E-state index >= 15 is 0 Å². The molecule has 1 N–H and O–H groups in total. The Morgan fingerprint density at radius 3 is 2.81 bits per heavy atom. The Morgan fingerprint density at radius 2 is 2.31 bits per heavy atom. The minimum atomic E-state index is 0.611. The molecule has 90 valence electrons. The van der Waals surface area contributed by atoms with Crippen molar-refractivity contribution in [3.63, 3.8) is 0 Å². The van der Waals surface area contributed by atoms with E-state index in [1.807, 2.05) is 11.3 Å². The van der Waals surface area contributed by atoms with Crippen molar-refractivity contribution < 1.29 is 0 Å². The normalized spacial score (nSPS) is 22.6. The summed E-state index contributed by atoms with van der Waals surface area (Å²) in [4.78, 5) is 6.01. The van der Waals surface area contributed by atoms with E-state index in [1.165, 1.54) is 33.5 Å². The zero-order valence-corrected chi connectivity index (χ0v) is 11.9. The lowest BCUT2D eigenvalue weighted by molar-refractivity contribution is 0.403. The van der Waals surface area contributed by atoms with Gasteiger partial charge in [-0.05, 0) is 44.7 Å². The standard InChI is InChI=1S/C12H20N2S2/c1-8-9(2)16-12(14-8)6-11(13-3)10-4-5-15-7-10/h10-11,13H,4-7H2,1-3H3. The summed E-state index contributed by atoms with van der Waals surface area (Å²) in [7, 11) is 2.08. The second kappa shape index (κ2) is 5.52. The fourth-order valence-electron chi connectivity index (χ4n) is 2.19. The van der Waals surface area contributed by atoms with Crippen LogP contribution in [-0.2, 0) is 6.42 Å². The number of thiazole rings is 1. The van der Waals surface area contributed by atoms with Crippen LogP contribution in [0.3, 0.4) is 0 Å². The summed E-state index contributed by atoms with van der Waals surface area (Å²) in [6, 6.07) is 0.611. The number of aromatic nitrogens is 1. The summed E-state index contributed by atoms with van der Waals surface area (Å²) in [5.74, 6) is 3.48. The summed E-state index contributed by atoms with van der Waals surface area (Å²) in [6.07, 6.45) is 2.46. The molecular weight excluding hydrogens is 236 g/mol. The molecule has 0 aliphatic carbocycles. The molecule has 2 rings (SSSR count). The maximum Gasteiger partial charge on any atom is 0.0946 e. The Bertz CT molecular complexity index is 323. The van der Waals surface area contributed by atoms with Gasteiger partial charge in [-0.25, -0.2) is 4.98 Å². The van der Waals surface area contributed by atoms with E-state index in [9.17, 15) is 0 Å². The van der Waals surface area contributed by atoms with Crippen molar-refractivity contribution in [3.8, 4) is 0 Å². The van der Waals surface area contributed by atoms with Gasteiger partial charge in [0.05, 0.1) is 10.7 Å². The van der Waals surface area contributed by atoms with Gasteiger partial charge in [-0.15, -0.1) is 11.3 Å². The van der Waals surface area contributed by atoms with Gasteiger partial charge in [-0.1, -0.05) is 0 Å². The fourth-order valence-corrected chi connectivity index (χ4v) is 4.52. The monoisotopic (exact) mass is 256 g/mol. The van der Waals surface area contributed by atoms with Crippen LogP contribution in [-0.4, -0.2) is 29.6 Å². The highest BCUT2D eigenvalue weighted by atomic mass is 32.2. The van der Waals surface area contributed by atoms with Gasteiger partial charge in [0.1, 0.15) is 0 Å². The van der Waals surface area contributed by atoms with Gasteiger partial charge in [0, 0.05) is 17.3 Å². The molecule has 2 heterocycles. The Hall–Kier alpha value is -0.0600. The molecule has 2 unspecified atom stereocenters. The van der Waals surface area contributed by atoms with Crippen LogP contribution in [0.2, 0.25) is 0 Å². The van der Waals surface area contributed by atoms with Crippen LogP contribution in [0.25, 0.3) is 0 Å². The molecule has 1 aromatic heterocycles. The van der Waals surface area contributed by atoms with Crippen LogP contribution in [0.5, 0.6) is 0 Å². The topological polar surface area (TPSA) is 24.9 Å². The van der Waals surface area contributed by atoms with E-state index in [-0.39, 0.29) is 0 Å². The number of hydrogen-bond acceptors (Lipinski definition) is 4. The van der Waals surface area contributed by atoms with Gasteiger partial charge in [0.2, 0.25) is 0 Å². The lowest BCUT2D eigenvalue weighted by Gasteiger charge is -2.21. The molecule has 4 heteroatoms. The van der Waals surface area contributed by atoms with Gasteiger partial charge in [0.15, 0.2) is 0 Å². The van der Waals surface area contributed by atoms with Crippen molar-refractivity contribution in [1.29, 1.82) is 0 Å². The Balaban J connectivity index is 2.00. The maximum atomic E-state index is 4.64. The largest absolute Gasteiger partial charge is 0.316 e. The predicted molar refractivity (Wildman–Crippen MR) is 73.6 cm³/mol. The third-order valence-corrected chi connectivity index (χ3v) is 5.66. The van der Waals surface area contributed by atoms with E-state index in [0.717, 1.165) is 12.3 Å². The number of nitrogens with one attached hydrogen (secondary N) is 1. The molecule has 0 bridgehead atoms.